The monoisotopic (exact) mass is 148 g/mol. The molecular formula is C6H12S2. The van der Waals surface area contributed by atoms with E-state index in [1.54, 1.807) is 0 Å². The van der Waals surface area contributed by atoms with Crippen LogP contribution in [0.4, 0.5) is 0 Å². The third-order valence-corrected chi connectivity index (χ3v) is 2.03. The molecule has 48 valence electrons. The van der Waals surface area contributed by atoms with Crippen LogP contribution in [-0.4, -0.2) is 4.20 Å². The highest BCUT2D eigenvalue weighted by Gasteiger charge is 2.03. The Morgan fingerprint density at radius 1 is 1.50 bits per heavy atom. The van der Waals surface area contributed by atoms with E-state index in [-0.39, 0.29) is 0 Å². The maximum absolute atomic E-state index is 4.88. The lowest BCUT2D eigenvalue weighted by Crippen LogP contribution is -2.02. The first-order valence-corrected chi connectivity index (χ1v) is 3.80. The molecule has 0 nitrogen and oxygen atoms in total. The molecule has 0 bridgehead atoms. The van der Waals surface area contributed by atoms with Gasteiger partial charge in [-0.3, -0.25) is 0 Å². The first-order chi connectivity index (χ1) is 3.72. The molecule has 0 aliphatic carbocycles. The molecule has 2 heteroatoms. The van der Waals surface area contributed by atoms with E-state index in [0.29, 0.717) is 5.92 Å². The van der Waals surface area contributed by atoms with Crippen LogP contribution in [0.1, 0.15) is 26.7 Å². The summed E-state index contributed by atoms with van der Waals surface area (Å²) in [6.07, 6.45) is 2.25. The van der Waals surface area contributed by atoms with E-state index in [1.165, 1.54) is 0 Å². The molecule has 8 heavy (non-hydrogen) atoms. The lowest BCUT2D eigenvalue weighted by atomic mass is 10.1. The molecular weight excluding hydrogens is 136 g/mol. The maximum Gasteiger partial charge on any atom is 0.0478 e. The molecule has 0 aromatic rings. The summed E-state index contributed by atoms with van der Waals surface area (Å²) in [6.45, 7) is 4.27. The average molecular weight is 148 g/mol. The van der Waals surface area contributed by atoms with Crippen molar-refractivity contribution in [1.82, 2.24) is 0 Å². The van der Waals surface area contributed by atoms with Crippen LogP contribution < -0.4 is 0 Å². The van der Waals surface area contributed by atoms with E-state index in [1.807, 2.05) is 0 Å². The van der Waals surface area contributed by atoms with Crippen LogP contribution in [0.5, 0.6) is 0 Å². The van der Waals surface area contributed by atoms with E-state index in [4.69, 9.17) is 12.2 Å². The Morgan fingerprint density at radius 3 is 1.88 bits per heavy atom. The predicted molar refractivity (Wildman–Crippen MR) is 45.7 cm³/mol. The van der Waals surface area contributed by atoms with Gasteiger partial charge in [-0.2, -0.15) is 0 Å². The van der Waals surface area contributed by atoms with Crippen molar-refractivity contribution in [2.24, 2.45) is 5.92 Å². The molecule has 0 spiro atoms. The van der Waals surface area contributed by atoms with Gasteiger partial charge in [0.15, 0.2) is 0 Å². The Morgan fingerprint density at radius 2 is 1.88 bits per heavy atom. The van der Waals surface area contributed by atoms with Crippen molar-refractivity contribution < 1.29 is 0 Å². The lowest BCUT2D eigenvalue weighted by Gasteiger charge is -2.06. The van der Waals surface area contributed by atoms with Gasteiger partial charge in [0.25, 0.3) is 0 Å². The second kappa shape index (κ2) is 4.33. The van der Waals surface area contributed by atoms with Crippen molar-refractivity contribution in [2.75, 3.05) is 0 Å². The number of hydrogen-bond donors (Lipinski definition) is 1. The topological polar surface area (TPSA) is 0 Å². The second-order valence-electron chi connectivity index (χ2n) is 1.85. The largest absolute Gasteiger partial charge is 0.136 e. The molecule has 0 saturated carbocycles. The van der Waals surface area contributed by atoms with Crippen LogP contribution in [0.2, 0.25) is 0 Å². The summed E-state index contributed by atoms with van der Waals surface area (Å²) in [5.41, 5.74) is 0. The molecule has 0 aromatic carbocycles. The van der Waals surface area contributed by atoms with Crippen LogP contribution in [0.3, 0.4) is 0 Å². The molecule has 0 N–H and O–H groups in total. The summed E-state index contributed by atoms with van der Waals surface area (Å²) in [6, 6.07) is 0. The number of thiol groups is 1. The van der Waals surface area contributed by atoms with Crippen LogP contribution in [0.25, 0.3) is 0 Å². The van der Waals surface area contributed by atoms with Crippen LogP contribution in [0.15, 0.2) is 0 Å². The molecule has 0 atom stereocenters. The van der Waals surface area contributed by atoms with Crippen molar-refractivity contribution >= 4 is 29.0 Å². The smallest absolute Gasteiger partial charge is 0.0478 e. The molecule has 0 unspecified atom stereocenters. The Bertz CT molecular complexity index is 74.6. The standard InChI is InChI=1S/C6H12S2/c1-3-5(4-2)6(7)8/h5H,3-4H2,1-2H3,(H,7,8). The van der Waals surface area contributed by atoms with Gasteiger partial charge < -0.3 is 0 Å². The van der Waals surface area contributed by atoms with Crippen molar-refractivity contribution in [3.05, 3.63) is 0 Å². The average Bonchev–Trinajstić information content (AvgIpc) is 1.69. The van der Waals surface area contributed by atoms with Crippen LogP contribution in [0, 0.1) is 5.92 Å². The SMILES string of the molecule is CCC(CC)C(=S)S. The zero-order valence-electron chi connectivity index (χ0n) is 5.35. The number of hydrogen-bond acceptors (Lipinski definition) is 1. The molecule has 0 aliphatic heterocycles. The molecule has 0 amide bonds. The first-order valence-electron chi connectivity index (χ1n) is 2.95. The molecule has 0 aromatic heterocycles. The lowest BCUT2D eigenvalue weighted by molar-refractivity contribution is 0.658. The number of rotatable bonds is 3. The normalized spacial score (nSPS) is 10.0. The van der Waals surface area contributed by atoms with Gasteiger partial charge in [0.05, 0.1) is 0 Å². The molecule has 0 saturated heterocycles. The van der Waals surface area contributed by atoms with Gasteiger partial charge in [0.1, 0.15) is 0 Å². The van der Waals surface area contributed by atoms with Gasteiger partial charge in [-0.25, -0.2) is 0 Å². The first kappa shape index (κ1) is 8.44. The Kier molecular flexibility index (Phi) is 4.57. The number of thiocarbonyl (C=S) groups is 1. The van der Waals surface area contributed by atoms with Crippen molar-refractivity contribution in [1.29, 1.82) is 0 Å². The van der Waals surface area contributed by atoms with E-state index >= 15 is 0 Å². The molecule has 0 rings (SSSR count). The fraction of sp³-hybridized carbons (Fsp3) is 0.833. The predicted octanol–water partition coefficient (Wildman–Crippen LogP) is 2.68. The van der Waals surface area contributed by atoms with Gasteiger partial charge in [-0.05, 0) is 18.8 Å². The van der Waals surface area contributed by atoms with E-state index < -0.39 is 0 Å². The molecule has 0 heterocycles. The van der Waals surface area contributed by atoms with Crippen molar-refractivity contribution in [3.63, 3.8) is 0 Å². The second-order valence-corrected chi connectivity index (χ2v) is 3.08. The third kappa shape index (κ3) is 2.68. The van der Waals surface area contributed by atoms with Gasteiger partial charge in [-0.1, -0.05) is 26.1 Å². The summed E-state index contributed by atoms with van der Waals surface area (Å²) < 4.78 is 0.856. The van der Waals surface area contributed by atoms with Crippen LogP contribution >= 0.6 is 24.8 Å². The van der Waals surface area contributed by atoms with E-state index in [2.05, 4.69) is 26.5 Å². The summed E-state index contributed by atoms with van der Waals surface area (Å²) in [5, 5.41) is 0. The Labute approximate surface area is 62.1 Å². The Balaban J connectivity index is 3.52. The molecule has 0 fully saturated rings. The minimum Gasteiger partial charge on any atom is -0.136 e. The third-order valence-electron chi connectivity index (χ3n) is 1.33. The highest BCUT2D eigenvalue weighted by atomic mass is 32.1. The fourth-order valence-corrected chi connectivity index (χ4v) is 1.34. The molecule has 0 radical (unpaired) electrons. The van der Waals surface area contributed by atoms with Gasteiger partial charge in [0, 0.05) is 4.20 Å². The highest BCUT2D eigenvalue weighted by Crippen LogP contribution is 2.11. The van der Waals surface area contributed by atoms with E-state index in [9.17, 15) is 0 Å². The van der Waals surface area contributed by atoms with Crippen molar-refractivity contribution in [2.45, 2.75) is 26.7 Å². The van der Waals surface area contributed by atoms with Gasteiger partial charge >= 0.3 is 0 Å². The summed E-state index contributed by atoms with van der Waals surface area (Å²) in [4.78, 5) is 0. The maximum atomic E-state index is 4.88. The quantitative estimate of drug-likeness (QED) is 0.474. The summed E-state index contributed by atoms with van der Waals surface area (Å²) in [7, 11) is 0. The molecule has 0 aliphatic rings. The van der Waals surface area contributed by atoms with E-state index in [0.717, 1.165) is 17.0 Å². The van der Waals surface area contributed by atoms with Gasteiger partial charge in [-0.15, -0.1) is 12.6 Å². The minimum absolute atomic E-state index is 0.549. The summed E-state index contributed by atoms with van der Waals surface area (Å²) >= 11 is 8.96. The Hall–Kier alpha value is 0.440. The zero-order valence-corrected chi connectivity index (χ0v) is 7.06. The van der Waals surface area contributed by atoms with Crippen molar-refractivity contribution in [3.8, 4) is 0 Å². The van der Waals surface area contributed by atoms with Crippen LogP contribution in [-0.2, 0) is 0 Å². The zero-order chi connectivity index (χ0) is 6.57. The summed E-state index contributed by atoms with van der Waals surface area (Å²) in [5.74, 6) is 0.549. The fourth-order valence-electron chi connectivity index (χ4n) is 0.638. The minimum atomic E-state index is 0.549. The van der Waals surface area contributed by atoms with Gasteiger partial charge in [0.2, 0.25) is 0 Å². The highest BCUT2D eigenvalue weighted by molar-refractivity contribution is 8.11.